The van der Waals surface area contributed by atoms with Gasteiger partial charge in [-0.05, 0) is 63.1 Å². The first-order valence-electron chi connectivity index (χ1n) is 8.19. The van der Waals surface area contributed by atoms with Crippen molar-refractivity contribution in [3.8, 4) is 0 Å². The summed E-state index contributed by atoms with van der Waals surface area (Å²) in [5.74, 6) is 0.644. The number of rotatable bonds is 4. The van der Waals surface area contributed by atoms with Crippen molar-refractivity contribution >= 4 is 0 Å². The molecule has 2 bridgehead atoms. The number of nitrogens with one attached hydrogen (secondary N) is 1. The van der Waals surface area contributed by atoms with Gasteiger partial charge in [0.1, 0.15) is 11.9 Å². The van der Waals surface area contributed by atoms with E-state index in [2.05, 4.69) is 27.5 Å². The van der Waals surface area contributed by atoms with E-state index >= 15 is 0 Å². The average Bonchev–Trinajstić information content (AvgIpc) is 3.30. The van der Waals surface area contributed by atoms with E-state index in [1.165, 1.54) is 31.2 Å². The van der Waals surface area contributed by atoms with Gasteiger partial charge in [-0.2, -0.15) is 10.2 Å². The molecule has 1 saturated carbocycles. The Morgan fingerprint density at radius 2 is 1.95 bits per heavy atom. The summed E-state index contributed by atoms with van der Waals surface area (Å²) in [6.07, 6.45) is 8.48. The smallest absolute Gasteiger partial charge is 0.150 e. The molecule has 1 aromatic rings. The molecule has 0 spiro atoms. The molecule has 1 unspecified atom stereocenters. The fourth-order valence-corrected chi connectivity index (χ4v) is 4.03. The van der Waals surface area contributed by atoms with Crippen LogP contribution in [-0.4, -0.2) is 45.4 Å². The highest BCUT2D eigenvalue weighted by Crippen LogP contribution is 2.40. The number of aliphatic hydroxyl groups is 1. The van der Waals surface area contributed by atoms with Gasteiger partial charge in [0.05, 0.1) is 6.20 Å². The van der Waals surface area contributed by atoms with Crippen LogP contribution in [0.15, 0.2) is 12.3 Å². The van der Waals surface area contributed by atoms with E-state index in [9.17, 15) is 5.11 Å². The van der Waals surface area contributed by atoms with E-state index in [1.807, 2.05) is 12.3 Å². The monoisotopic (exact) mass is 288 g/mol. The molecule has 1 aliphatic carbocycles. The number of piperidine rings is 1. The molecule has 0 radical (unpaired) electrons. The molecule has 2 N–H and O–H groups in total. The van der Waals surface area contributed by atoms with Crippen LogP contribution >= 0.6 is 0 Å². The number of aromatic nitrogens is 2. The Labute approximate surface area is 125 Å². The minimum atomic E-state index is -0.691. The van der Waals surface area contributed by atoms with E-state index in [1.54, 1.807) is 0 Å². The molecule has 1 aromatic heterocycles. The number of aliphatic hydroxyl groups excluding tert-OH is 1. The summed E-state index contributed by atoms with van der Waals surface area (Å²) >= 11 is 0. The molecule has 5 heteroatoms. The molecule has 21 heavy (non-hydrogen) atoms. The highest BCUT2D eigenvalue weighted by molar-refractivity contribution is 5.22. The van der Waals surface area contributed by atoms with Gasteiger partial charge in [-0.25, -0.2) is 0 Å². The van der Waals surface area contributed by atoms with Gasteiger partial charge in [-0.1, -0.05) is 0 Å². The Kier molecular flexibility index (Phi) is 3.44. The van der Waals surface area contributed by atoms with Crippen LogP contribution in [0.4, 0.5) is 0 Å². The number of hydrogen-bond acceptors (Lipinski definition) is 5. The SMILES string of the molecule is CN1[C@@H]2CC[C@H]1C[C@@H](NC(O)c1cc(C3CC3)cnn1)C2. The molecule has 5 nitrogen and oxygen atoms in total. The van der Waals surface area contributed by atoms with Crippen LogP contribution < -0.4 is 5.32 Å². The first-order chi connectivity index (χ1) is 10.2. The van der Waals surface area contributed by atoms with Crippen molar-refractivity contribution in [3.05, 3.63) is 23.5 Å². The minimum absolute atomic E-state index is 0.389. The van der Waals surface area contributed by atoms with Crippen LogP contribution in [0.5, 0.6) is 0 Å². The molecular weight excluding hydrogens is 264 g/mol. The van der Waals surface area contributed by atoms with Crippen molar-refractivity contribution in [2.24, 2.45) is 0 Å². The van der Waals surface area contributed by atoms with Crippen molar-refractivity contribution < 1.29 is 5.11 Å². The zero-order chi connectivity index (χ0) is 14.4. The second-order valence-electron chi connectivity index (χ2n) is 6.98. The fourth-order valence-electron chi connectivity index (χ4n) is 4.03. The van der Waals surface area contributed by atoms with Gasteiger partial charge in [0.2, 0.25) is 0 Å². The third kappa shape index (κ3) is 2.70. The van der Waals surface area contributed by atoms with E-state index in [0.29, 0.717) is 29.7 Å². The summed E-state index contributed by atoms with van der Waals surface area (Å²) in [6.45, 7) is 0. The predicted molar refractivity (Wildman–Crippen MR) is 79.7 cm³/mol. The number of fused-ring (bicyclic) bond motifs is 2. The van der Waals surface area contributed by atoms with Crippen molar-refractivity contribution in [1.29, 1.82) is 0 Å². The van der Waals surface area contributed by atoms with Crippen LogP contribution in [0, 0.1) is 0 Å². The van der Waals surface area contributed by atoms with Crippen LogP contribution in [0.1, 0.15) is 61.9 Å². The van der Waals surface area contributed by atoms with Crippen LogP contribution in [-0.2, 0) is 0 Å². The topological polar surface area (TPSA) is 61.3 Å². The van der Waals surface area contributed by atoms with Crippen molar-refractivity contribution in [1.82, 2.24) is 20.4 Å². The molecule has 3 heterocycles. The summed E-state index contributed by atoms with van der Waals surface area (Å²) in [5, 5.41) is 22.0. The average molecular weight is 288 g/mol. The second-order valence-corrected chi connectivity index (χ2v) is 6.98. The number of nitrogens with zero attached hydrogens (tertiary/aromatic N) is 3. The Morgan fingerprint density at radius 3 is 2.62 bits per heavy atom. The highest BCUT2D eigenvalue weighted by atomic mass is 16.3. The van der Waals surface area contributed by atoms with E-state index in [4.69, 9.17) is 0 Å². The molecule has 3 aliphatic rings. The minimum Gasteiger partial charge on any atom is -0.373 e. The molecule has 4 rings (SSSR count). The van der Waals surface area contributed by atoms with Gasteiger partial charge >= 0.3 is 0 Å². The van der Waals surface area contributed by atoms with Crippen LogP contribution in [0.25, 0.3) is 0 Å². The fraction of sp³-hybridized carbons (Fsp3) is 0.750. The highest BCUT2D eigenvalue weighted by Gasteiger charge is 2.39. The first-order valence-corrected chi connectivity index (χ1v) is 8.19. The molecule has 114 valence electrons. The zero-order valence-corrected chi connectivity index (χ0v) is 12.6. The Hall–Kier alpha value is -1.04. The summed E-state index contributed by atoms with van der Waals surface area (Å²) in [6, 6.07) is 3.76. The summed E-state index contributed by atoms with van der Waals surface area (Å²) in [5.41, 5.74) is 1.90. The summed E-state index contributed by atoms with van der Waals surface area (Å²) in [4.78, 5) is 2.51. The Morgan fingerprint density at radius 1 is 1.24 bits per heavy atom. The first kappa shape index (κ1) is 13.6. The largest absolute Gasteiger partial charge is 0.373 e. The molecule has 2 aliphatic heterocycles. The quantitative estimate of drug-likeness (QED) is 0.823. The molecule has 2 saturated heterocycles. The third-order valence-corrected chi connectivity index (χ3v) is 5.52. The molecular formula is C16H24N4O. The second kappa shape index (κ2) is 5.30. The lowest BCUT2D eigenvalue weighted by atomic mass is 9.97. The lowest BCUT2D eigenvalue weighted by Crippen LogP contribution is -2.48. The molecule has 3 fully saturated rings. The van der Waals surface area contributed by atoms with Gasteiger partial charge < -0.3 is 10.0 Å². The van der Waals surface area contributed by atoms with E-state index < -0.39 is 6.23 Å². The standard InChI is InChI=1S/C16H24N4O/c1-20-13-4-5-14(20)8-12(7-13)18-16(21)15-6-11(9-17-19-15)10-2-3-10/h6,9-10,12-14,16,18,21H,2-5,7-8H2,1H3/t12-,13+,14-,16?. The van der Waals surface area contributed by atoms with Crippen LogP contribution in [0.3, 0.4) is 0 Å². The third-order valence-electron chi connectivity index (χ3n) is 5.52. The molecule has 4 atom stereocenters. The maximum absolute atomic E-state index is 10.4. The Balaban J connectivity index is 1.41. The predicted octanol–water partition coefficient (Wildman–Crippen LogP) is 1.56. The van der Waals surface area contributed by atoms with Crippen molar-refractivity contribution in [2.45, 2.75) is 68.8 Å². The van der Waals surface area contributed by atoms with Gasteiger partial charge in [0.25, 0.3) is 0 Å². The van der Waals surface area contributed by atoms with Crippen molar-refractivity contribution in [3.63, 3.8) is 0 Å². The van der Waals surface area contributed by atoms with E-state index in [-0.39, 0.29) is 0 Å². The molecule has 0 aromatic carbocycles. The van der Waals surface area contributed by atoms with Gasteiger partial charge in [0, 0.05) is 18.1 Å². The number of hydrogen-bond donors (Lipinski definition) is 2. The van der Waals surface area contributed by atoms with Gasteiger partial charge in [0.15, 0.2) is 0 Å². The van der Waals surface area contributed by atoms with Crippen LogP contribution in [0.2, 0.25) is 0 Å². The van der Waals surface area contributed by atoms with Gasteiger partial charge in [-0.3, -0.25) is 5.32 Å². The zero-order valence-electron chi connectivity index (χ0n) is 12.6. The lowest BCUT2D eigenvalue weighted by molar-refractivity contribution is 0.0788. The molecule has 0 amide bonds. The van der Waals surface area contributed by atoms with Crippen molar-refractivity contribution in [2.75, 3.05) is 7.05 Å². The lowest BCUT2D eigenvalue weighted by Gasteiger charge is -2.37. The Bertz CT molecular complexity index is 505. The maximum atomic E-state index is 10.4. The van der Waals surface area contributed by atoms with E-state index in [0.717, 1.165) is 12.8 Å². The summed E-state index contributed by atoms with van der Waals surface area (Å²) in [7, 11) is 2.24. The summed E-state index contributed by atoms with van der Waals surface area (Å²) < 4.78 is 0. The maximum Gasteiger partial charge on any atom is 0.150 e. The normalized spacial score (nSPS) is 34.1. The van der Waals surface area contributed by atoms with Gasteiger partial charge in [-0.15, -0.1) is 0 Å².